The van der Waals surface area contributed by atoms with Crippen molar-refractivity contribution < 1.29 is 14.1 Å². The lowest BCUT2D eigenvalue weighted by Crippen LogP contribution is -2.28. The molecule has 2 aromatic heterocycles. The number of hydrogen-bond acceptors (Lipinski definition) is 7. The minimum Gasteiger partial charge on any atom is -0.448 e. The van der Waals surface area contributed by atoms with Gasteiger partial charge in [0.05, 0.1) is 5.39 Å². The van der Waals surface area contributed by atoms with Crippen molar-refractivity contribution in [3.05, 3.63) is 52.0 Å². The van der Waals surface area contributed by atoms with Crippen LogP contribution in [0, 0.1) is 12.8 Å². The highest BCUT2D eigenvalue weighted by Gasteiger charge is 2.23. The maximum absolute atomic E-state index is 12.7. The minimum atomic E-state index is -0.727. The van der Waals surface area contributed by atoms with Gasteiger partial charge in [0.25, 0.3) is 11.4 Å². The first-order valence-corrected chi connectivity index (χ1v) is 8.38. The van der Waals surface area contributed by atoms with Gasteiger partial charge in [-0.1, -0.05) is 37.2 Å². The second kappa shape index (κ2) is 7.07. The van der Waals surface area contributed by atoms with Gasteiger partial charge in [0.1, 0.15) is 0 Å². The van der Waals surface area contributed by atoms with E-state index >= 15 is 0 Å². The molecule has 0 saturated carbocycles. The molecule has 0 aliphatic rings. The molecule has 1 aromatic carbocycles. The van der Waals surface area contributed by atoms with Crippen LogP contribution in [0.2, 0.25) is 0 Å². The summed E-state index contributed by atoms with van der Waals surface area (Å²) >= 11 is 0. The summed E-state index contributed by atoms with van der Waals surface area (Å²) in [6, 6.07) is 6.86. The van der Waals surface area contributed by atoms with E-state index in [1.165, 1.54) is 4.68 Å². The van der Waals surface area contributed by atoms with Crippen LogP contribution in [0.25, 0.3) is 10.8 Å². The molecule has 26 heavy (non-hydrogen) atoms. The number of benzene rings is 1. The van der Waals surface area contributed by atoms with Crippen molar-refractivity contribution >= 4 is 16.7 Å². The smallest absolute Gasteiger partial charge is 0.360 e. The van der Waals surface area contributed by atoms with Crippen LogP contribution in [-0.2, 0) is 11.3 Å². The third-order valence-corrected chi connectivity index (χ3v) is 3.77. The summed E-state index contributed by atoms with van der Waals surface area (Å²) in [5.41, 5.74) is -0.143. The van der Waals surface area contributed by atoms with Crippen LogP contribution >= 0.6 is 0 Å². The summed E-state index contributed by atoms with van der Waals surface area (Å²) < 4.78 is 11.8. The predicted octanol–water partition coefficient (Wildman–Crippen LogP) is 2.66. The highest BCUT2D eigenvalue weighted by molar-refractivity contribution is 6.02. The molecule has 0 saturated heterocycles. The molecule has 0 radical (unpaired) electrons. The lowest BCUT2D eigenvalue weighted by atomic mass is 10.1. The lowest BCUT2D eigenvalue weighted by Gasteiger charge is -2.13. The van der Waals surface area contributed by atoms with E-state index in [0.29, 0.717) is 23.1 Å². The summed E-state index contributed by atoms with van der Waals surface area (Å²) in [7, 11) is 0. The minimum absolute atomic E-state index is 0.0870. The molecule has 3 aromatic rings. The van der Waals surface area contributed by atoms with Crippen LogP contribution in [0.5, 0.6) is 0 Å². The van der Waals surface area contributed by atoms with Gasteiger partial charge in [0.15, 0.2) is 17.6 Å². The summed E-state index contributed by atoms with van der Waals surface area (Å²) in [6.45, 7) is 7.67. The maximum atomic E-state index is 12.7. The fourth-order valence-corrected chi connectivity index (χ4v) is 2.60. The van der Waals surface area contributed by atoms with Crippen molar-refractivity contribution in [2.45, 2.75) is 40.3 Å². The standard InChI is InChI=1S/C18H20N4O4/c1-10(2)9-22-17(23)14-8-6-5-7-13(14)15(20-22)18(24)25-11(3)16-19-12(4)21-26-16/h5-8,10-11H,9H2,1-4H3. The quantitative estimate of drug-likeness (QED) is 0.648. The fourth-order valence-electron chi connectivity index (χ4n) is 2.60. The zero-order chi connectivity index (χ0) is 18.8. The van der Waals surface area contributed by atoms with Gasteiger partial charge < -0.3 is 9.26 Å². The number of nitrogens with zero attached hydrogens (tertiary/aromatic N) is 4. The molecule has 2 heterocycles. The Hall–Kier alpha value is -3.03. The number of hydrogen-bond donors (Lipinski definition) is 0. The van der Waals surface area contributed by atoms with Crippen molar-refractivity contribution in [2.75, 3.05) is 0 Å². The zero-order valence-electron chi connectivity index (χ0n) is 15.1. The fraction of sp³-hybridized carbons (Fsp3) is 0.389. The summed E-state index contributed by atoms with van der Waals surface area (Å²) in [6.07, 6.45) is -0.727. The monoisotopic (exact) mass is 356 g/mol. The molecular weight excluding hydrogens is 336 g/mol. The molecule has 0 amide bonds. The third kappa shape index (κ3) is 3.49. The normalized spacial score (nSPS) is 12.5. The van der Waals surface area contributed by atoms with Gasteiger partial charge in [0.2, 0.25) is 0 Å². The molecule has 8 heteroatoms. The highest BCUT2D eigenvalue weighted by Crippen LogP contribution is 2.20. The summed E-state index contributed by atoms with van der Waals surface area (Å²) in [5, 5.41) is 8.83. The molecule has 8 nitrogen and oxygen atoms in total. The number of carbonyl (C=O) groups is 1. The molecular formula is C18H20N4O4. The number of carbonyl (C=O) groups excluding carboxylic acids is 1. The highest BCUT2D eigenvalue weighted by atomic mass is 16.6. The zero-order valence-corrected chi connectivity index (χ0v) is 15.1. The van der Waals surface area contributed by atoms with E-state index in [9.17, 15) is 9.59 Å². The number of aromatic nitrogens is 4. The molecule has 136 valence electrons. The van der Waals surface area contributed by atoms with Gasteiger partial charge in [-0.3, -0.25) is 4.79 Å². The Morgan fingerprint density at radius 1 is 1.23 bits per heavy atom. The van der Waals surface area contributed by atoms with E-state index in [2.05, 4.69) is 15.2 Å². The van der Waals surface area contributed by atoms with Crippen LogP contribution < -0.4 is 5.56 Å². The second-order valence-electron chi connectivity index (χ2n) is 6.50. The summed E-state index contributed by atoms with van der Waals surface area (Å²) in [5.74, 6) is 0.209. The average Bonchev–Trinajstić information content (AvgIpc) is 3.03. The Morgan fingerprint density at radius 2 is 1.92 bits per heavy atom. The van der Waals surface area contributed by atoms with E-state index < -0.39 is 12.1 Å². The number of rotatable bonds is 5. The maximum Gasteiger partial charge on any atom is 0.360 e. The third-order valence-electron chi connectivity index (χ3n) is 3.77. The van der Waals surface area contributed by atoms with Gasteiger partial charge in [0, 0.05) is 11.9 Å². The average molecular weight is 356 g/mol. The van der Waals surface area contributed by atoms with Crippen LogP contribution in [0.1, 0.15) is 49.1 Å². The largest absolute Gasteiger partial charge is 0.448 e. The van der Waals surface area contributed by atoms with Crippen LogP contribution in [0.4, 0.5) is 0 Å². The Morgan fingerprint density at radius 3 is 2.54 bits per heavy atom. The first kappa shape index (κ1) is 17.8. The molecule has 1 unspecified atom stereocenters. The van der Waals surface area contributed by atoms with Gasteiger partial charge in [-0.25, -0.2) is 9.48 Å². The molecule has 1 atom stereocenters. The van der Waals surface area contributed by atoms with Gasteiger partial charge >= 0.3 is 5.97 Å². The van der Waals surface area contributed by atoms with E-state index in [1.807, 2.05) is 13.8 Å². The molecule has 0 N–H and O–H groups in total. The first-order chi connectivity index (χ1) is 12.4. The van der Waals surface area contributed by atoms with Gasteiger partial charge in [-0.2, -0.15) is 10.1 Å². The predicted molar refractivity (Wildman–Crippen MR) is 93.7 cm³/mol. The van der Waals surface area contributed by atoms with Crippen LogP contribution in [-0.4, -0.2) is 25.9 Å². The van der Waals surface area contributed by atoms with Gasteiger partial charge in [-0.05, 0) is 25.8 Å². The Labute approximate surface area is 149 Å². The molecule has 0 bridgehead atoms. The SMILES string of the molecule is Cc1noc(C(C)OC(=O)c2nn(CC(C)C)c(=O)c3ccccc23)n1. The van der Waals surface area contributed by atoms with Crippen molar-refractivity contribution in [2.24, 2.45) is 5.92 Å². The molecule has 0 aliphatic heterocycles. The topological polar surface area (TPSA) is 100 Å². The van der Waals surface area contributed by atoms with E-state index in [1.54, 1.807) is 38.1 Å². The number of ether oxygens (including phenoxy) is 1. The van der Waals surface area contributed by atoms with Gasteiger partial charge in [-0.15, -0.1) is 0 Å². The Bertz CT molecular complexity index is 1010. The number of esters is 1. The Balaban J connectivity index is 2.01. The Kier molecular flexibility index (Phi) is 4.83. The van der Waals surface area contributed by atoms with Crippen LogP contribution in [0.3, 0.4) is 0 Å². The number of aryl methyl sites for hydroxylation is 1. The number of fused-ring (bicyclic) bond motifs is 1. The summed E-state index contributed by atoms with van der Waals surface area (Å²) in [4.78, 5) is 29.4. The second-order valence-corrected chi connectivity index (χ2v) is 6.50. The first-order valence-electron chi connectivity index (χ1n) is 8.38. The lowest BCUT2D eigenvalue weighted by molar-refractivity contribution is 0.0258. The van der Waals surface area contributed by atoms with Crippen molar-refractivity contribution in [1.29, 1.82) is 0 Å². The molecule has 0 spiro atoms. The molecule has 0 aliphatic carbocycles. The molecule has 0 fully saturated rings. The molecule has 3 rings (SSSR count). The van der Waals surface area contributed by atoms with Crippen LogP contribution in [0.15, 0.2) is 33.6 Å². The van der Waals surface area contributed by atoms with E-state index in [0.717, 1.165) is 0 Å². The van der Waals surface area contributed by atoms with Crippen molar-refractivity contribution in [1.82, 2.24) is 19.9 Å². The van der Waals surface area contributed by atoms with E-state index in [-0.39, 0.29) is 23.1 Å². The van der Waals surface area contributed by atoms with Crippen molar-refractivity contribution in [3.8, 4) is 0 Å². The van der Waals surface area contributed by atoms with Crippen molar-refractivity contribution in [3.63, 3.8) is 0 Å². The van der Waals surface area contributed by atoms with E-state index in [4.69, 9.17) is 9.26 Å².